The first-order valence-electron chi connectivity index (χ1n) is 12.1. The summed E-state index contributed by atoms with van der Waals surface area (Å²) in [4.78, 5) is 21.4. The van der Waals surface area contributed by atoms with Crippen LogP contribution >= 0.6 is 11.6 Å². The zero-order valence-electron chi connectivity index (χ0n) is 22.2. The van der Waals surface area contributed by atoms with Crippen molar-refractivity contribution in [1.82, 2.24) is 15.3 Å². The lowest BCUT2D eigenvalue weighted by Gasteiger charge is -2.26. The first-order chi connectivity index (χ1) is 19.1. The Morgan fingerprint density at radius 2 is 1.83 bits per heavy atom. The Hall–Kier alpha value is -3.43. The molecule has 0 aliphatic carbocycles. The molecule has 0 bridgehead atoms. The van der Waals surface area contributed by atoms with Gasteiger partial charge in [0.2, 0.25) is 5.88 Å². The summed E-state index contributed by atoms with van der Waals surface area (Å²) in [6, 6.07) is 7.57. The number of benzene rings is 1. The number of aromatic nitrogens is 2. The van der Waals surface area contributed by atoms with Gasteiger partial charge in [0, 0.05) is 37.6 Å². The molecule has 3 rings (SSSR count). The number of halogens is 5. The van der Waals surface area contributed by atoms with Gasteiger partial charge in [-0.2, -0.15) is 21.6 Å². The van der Waals surface area contributed by atoms with Gasteiger partial charge in [0.1, 0.15) is 16.9 Å². The highest BCUT2D eigenvalue weighted by molar-refractivity contribution is 7.87. The number of carbonyl (C=O) groups excluding carboxylic acids is 1. The Kier molecular flexibility index (Phi) is 10.2. The maximum Gasteiger partial charge on any atom is 0.534 e. The van der Waals surface area contributed by atoms with Crippen molar-refractivity contribution in [1.29, 1.82) is 0 Å². The van der Waals surface area contributed by atoms with Crippen molar-refractivity contribution in [2.45, 2.75) is 38.3 Å². The Bertz CT molecular complexity index is 1490. The summed E-state index contributed by atoms with van der Waals surface area (Å²) in [7, 11) is -5.96. The lowest BCUT2D eigenvalue weighted by atomic mass is 10.2. The number of nitrogens with zero attached hydrogens (tertiary/aromatic N) is 3. The van der Waals surface area contributed by atoms with Crippen LogP contribution in [0.1, 0.15) is 27.2 Å². The Morgan fingerprint density at radius 1 is 1.10 bits per heavy atom. The van der Waals surface area contributed by atoms with Gasteiger partial charge >= 0.3 is 21.7 Å². The lowest BCUT2D eigenvalue weighted by molar-refractivity contribution is -0.0501. The largest absolute Gasteiger partial charge is 0.534 e. The fourth-order valence-electron chi connectivity index (χ4n) is 3.40. The molecule has 1 aromatic carbocycles. The molecular weight excluding hydrogens is 596 g/mol. The molecule has 10 nitrogen and oxygen atoms in total. The molecule has 2 aromatic heterocycles. The Labute approximate surface area is 238 Å². The summed E-state index contributed by atoms with van der Waals surface area (Å²) in [6.45, 7) is 6.05. The Morgan fingerprint density at radius 3 is 2.49 bits per heavy atom. The SMILES string of the molecule is CC(C)(C)OC(=O)NCCCOCCN(c1ccc(F)c(Cl)c1)c1ccnc2ccc(OS(=O)(=O)C(F)(F)F)nc12. The molecule has 41 heavy (non-hydrogen) atoms. The van der Waals surface area contributed by atoms with Crippen molar-refractivity contribution < 1.29 is 44.4 Å². The van der Waals surface area contributed by atoms with Crippen molar-refractivity contribution in [2.24, 2.45) is 0 Å². The highest BCUT2D eigenvalue weighted by atomic mass is 35.5. The maximum absolute atomic E-state index is 13.9. The molecule has 0 radical (unpaired) electrons. The van der Waals surface area contributed by atoms with Crippen LogP contribution in [0.15, 0.2) is 42.6 Å². The number of rotatable bonds is 11. The third-order valence-corrected chi connectivity index (χ3v) is 6.36. The number of alkyl halides is 3. The van der Waals surface area contributed by atoms with E-state index in [1.54, 1.807) is 25.7 Å². The second-order valence-electron chi connectivity index (χ2n) is 9.48. The number of pyridine rings is 2. The van der Waals surface area contributed by atoms with E-state index >= 15 is 0 Å². The molecule has 0 spiro atoms. The van der Waals surface area contributed by atoms with Crippen LogP contribution in [0.3, 0.4) is 0 Å². The molecule has 16 heteroatoms. The summed E-state index contributed by atoms with van der Waals surface area (Å²) in [6.07, 6.45) is 1.32. The predicted molar refractivity (Wildman–Crippen MR) is 143 cm³/mol. The van der Waals surface area contributed by atoms with Crippen LogP contribution < -0.4 is 14.4 Å². The number of nitrogens with one attached hydrogen (secondary N) is 1. The number of ether oxygens (including phenoxy) is 2. The number of carbonyl (C=O) groups is 1. The van der Waals surface area contributed by atoms with Gasteiger partial charge in [-0.1, -0.05) is 11.6 Å². The Balaban J connectivity index is 1.80. The van der Waals surface area contributed by atoms with Gasteiger partial charge in [0.25, 0.3) is 0 Å². The molecule has 1 N–H and O–H groups in total. The minimum atomic E-state index is -5.96. The van der Waals surface area contributed by atoms with E-state index in [1.165, 1.54) is 30.5 Å². The standard InChI is InChI=1S/C25H27ClF4N4O6S/c1-24(2,3)39-23(35)32-10-4-13-38-14-12-34(16-5-6-18(27)17(26)15-16)20-9-11-31-19-7-8-21(33-22(19)20)40-41(36,37)25(28,29)30/h5-9,11,15H,4,10,12-14H2,1-3H3,(H,32,35). The summed E-state index contributed by atoms with van der Waals surface area (Å²) in [5, 5.41) is 2.42. The molecular formula is C25H27ClF4N4O6S. The lowest BCUT2D eigenvalue weighted by Crippen LogP contribution is -2.33. The molecule has 0 aliphatic rings. The van der Waals surface area contributed by atoms with Crippen molar-refractivity contribution in [3.63, 3.8) is 0 Å². The average molecular weight is 623 g/mol. The van der Waals surface area contributed by atoms with Gasteiger partial charge < -0.3 is 23.9 Å². The number of anilines is 2. The number of amides is 1. The van der Waals surface area contributed by atoms with Gasteiger partial charge in [0.05, 0.1) is 22.8 Å². The molecule has 2 heterocycles. The van der Waals surface area contributed by atoms with Gasteiger partial charge in [-0.25, -0.2) is 14.2 Å². The normalized spacial score (nSPS) is 12.3. The van der Waals surface area contributed by atoms with Crippen LogP contribution in [0.2, 0.25) is 5.02 Å². The van der Waals surface area contributed by atoms with Gasteiger partial charge in [-0.3, -0.25) is 4.98 Å². The van der Waals surface area contributed by atoms with Crippen molar-refractivity contribution >= 4 is 50.2 Å². The van der Waals surface area contributed by atoms with Crippen LogP contribution in [0.4, 0.5) is 33.7 Å². The van der Waals surface area contributed by atoms with Gasteiger partial charge in [-0.15, -0.1) is 0 Å². The van der Waals surface area contributed by atoms with Crippen LogP contribution in [-0.4, -0.2) is 61.9 Å². The van der Waals surface area contributed by atoms with E-state index in [0.717, 1.165) is 12.1 Å². The van der Waals surface area contributed by atoms with Crippen molar-refractivity contribution in [2.75, 3.05) is 31.2 Å². The minimum Gasteiger partial charge on any atom is -0.444 e. The molecule has 0 aliphatic heterocycles. The molecule has 224 valence electrons. The van der Waals surface area contributed by atoms with E-state index in [9.17, 15) is 30.8 Å². The molecule has 0 saturated heterocycles. The average Bonchev–Trinajstić information content (AvgIpc) is 2.85. The minimum absolute atomic E-state index is 0.00406. The first kappa shape index (κ1) is 32.1. The highest BCUT2D eigenvalue weighted by Crippen LogP contribution is 2.34. The van der Waals surface area contributed by atoms with Crippen molar-refractivity contribution in [3.05, 3.63) is 53.4 Å². The smallest absolute Gasteiger partial charge is 0.444 e. The number of hydrogen-bond acceptors (Lipinski definition) is 9. The van der Waals surface area contributed by atoms with E-state index in [4.69, 9.17) is 21.1 Å². The topological polar surface area (TPSA) is 120 Å². The van der Waals surface area contributed by atoms with Crippen LogP contribution in [-0.2, 0) is 19.6 Å². The number of hydrogen-bond donors (Lipinski definition) is 1. The third-order valence-electron chi connectivity index (χ3n) is 5.11. The number of fused-ring (bicyclic) bond motifs is 1. The van der Waals surface area contributed by atoms with E-state index in [2.05, 4.69) is 19.5 Å². The summed E-state index contributed by atoms with van der Waals surface area (Å²) >= 11 is 5.99. The maximum atomic E-state index is 13.9. The van der Waals surface area contributed by atoms with E-state index < -0.39 is 39.0 Å². The zero-order valence-corrected chi connectivity index (χ0v) is 23.7. The van der Waals surface area contributed by atoms with E-state index in [-0.39, 0.29) is 41.5 Å². The molecule has 0 unspecified atom stereocenters. The predicted octanol–water partition coefficient (Wildman–Crippen LogP) is 5.72. The molecule has 0 atom stereocenters. The van der Waals surface area contributed by atoms with Gasteiger partial charge in [-0.05, 0) is 57.5 Å². The second-order valence-corrected chi connectivity index (χ2v) is 11.4. The third kappa shape index (κ3) is 9.03. The first-order valence-corrected chi connectivity index (χ1v) is 13.9. The monoisotopic (exact) mass is 622 g/mol. The van der Waals surface area contributed by atoms with E-state index in [1.807, 2.05) is 0 Å². The van der Waals surface area contributed by atoms with E-state index in [0.29, 0.717) is 18.7 Å². The molecule has 3 aromatic rings. The van der Waals surface area contributed by atoms with Crippen LogP contribution in [0.25, 0.3) is 11.0 Å². The fraction of sp³-hybridized carbons (Fsp3) is 0.400. The van der Waals surface area contributed by atoms with Crippen LogP contribution in [0, 0.1) is 5.82 Å². The summed E-state index contributed by atoms with van der Waals surface area (Å²) < 4.78 is 90.4. The van der Waals surface area contributed by atoms with Gasteiger partial charge in [0.15, 0.2) is 0 Å². The highest BCUT2D eigenvalue weighted by Gasteiger charge is 2.48. The quantitative estimate of drug-likeness (QED) is 0.124. The molecule has 1 amide bonds. The van der Waals surface area contributed by atoms with Crippen LogP contribution in [0.5, 0.6) is 5.88 Å². The number of alkyl carbamates (subject to hydrolysis) is 1. The second kappa shape index (κ2) is 13.0. The zero-order chi connectivity index (χ0) is 30.4. The molecule has 0 fully saturated rings. The summed E-state index contributed by atoms with van der Waals surface area (Å²) in [5.41, 5.74) is -5.40. The molecule has 0 saturated carbocycles. The van der Waals surface area contributed by atoms with Crippen molar-refractivity contribution in [3.8, 4) is 5.88 Å². The fourth-order valence-corrected chi connectivity index (χ4v) is 3.98. The summed E-state index contributed by atoms with van der Waals surface area (Å²) in [5.74, 6) is -1.50.